The van der Waals surface area contributed by atoms with E-state index in [1.54, 1.807) is 25.1 Å². The van der Waals surface area contributed by atoms with Gasteiger partial charge >= 0.3 is 12.0 Å². The molecule has 6 heteroatoms. The van der Waals surface area contributed by atoms with Crippen molar-refractivity contribution in [3.8, 4) is 0 Å². The Morgan fingerprint density at radius 3 is 2.70 bits per heavy atom. The second kappa shape index (κ2) is 7.51. The second-order valence-corrected chi connectivity index (χ2v) is 6.32. The molecule has 0 aromatic heterocycles. The molecular formula is C17H21ClN2O3. The van der Waals surface area contributed by atoms with Crippen LogP contribution in [0.1, 0.15) is 38.8 Å². The van der Waals surface area contributed by atoms with Crippen LogP contribution in [-0.4, -0.2) is 18.6 Å². The fraction of sp³-hybridized carbons (Fsp3) is 0.412. The van der Waals surface area contributed by atoms with E-state index in [1.807, 2.05) is 6.07 Å². The van der Waals surface area contributed by atoms with Crippen molar-refractivity contribution in [3.63, 3.8) is 0 Å². The lowest BCUT2D eigenvalue weighted by Gasteiger charge is -2.28. The van der Waals surface area contributed by atoms with Crippen LogP contribution in [0.15, 0.2) is 35.5 Å². The number of carbonyl (C=O) groups is 2. The molecular weight excluding hydrogens is 316 g/mol. The molecule has 1 aromatic carbocycles. The van der Waals surface area contributed by atoms with Crippen molar-refractivity contribution < 1.29 is 14.3 Å². The summed E-state index contributed by atoms with van der Waals surface area (Å²) in [7, 11) is 0. The first-order valence-electron chi connectivity index (χ1n) is 7.60. The number of benzene rings is 1. The van der Waals surface area contributed by atoms with Gasteiger partial charge in [-0.15, -0.1) is 0 Å². The van der Waals surface area contributed by atoms with Crippen LogP contribution in [0.4, 0.5) is 4.79 Å². The number of halogens is 1. The smallest absolute Gasteiger partial charge is 0.338 e. The van der Waals surface area contributed by atoms with E-state index in [-0.39, 0.29) is 6.03 Å². The maximum absolute atomic E-state index is 12.5. The fourth-order valence-corrected chi connectivity index (χ4v) is 2.62. The van der Waals surface area contributed by atoms with Crippen molar-refractivity contribution in [2.75, 3.05) is 6.61 Å². The molecule has 2 N–H and O–H groups in total. The number of ether oxygens (including phenoxy) is 1. The molecule has 0 unspecified atom stereocenters. The first kappa shape index (κ1) is 17.3. The van der Waals surface area contributed by atoms with Crippen molar-refractivity contribution in [3.05, 3.63) is 46.1 Å². The maximum Gasteiger partial charge on any atom is 0.338 e. The Balaban J connectivity index is 2.28. The quantitative estimate of drug-likeness (QED) is 0.808. The number of hydrogen-bond acceptors (Lipinski definition) is 3. The Kier molecular flexibility index (Phi) is 5.66. The zero-order valence-corrected chi connectivity index (χ0v) is 14.2. The van der Waals surface area contributed by atoms with Gasteiger partial charge in [-0.2, -0.15) is 0 Å². The van der Waals surface area contributed by atoms with E-state index in [1.165, 1.54) is 0 Å². The van der Waals surface area contributed by atoms with Crippen molar-refractivity contribution >= 4 is 23.6 Å². The van der Waals surface area contributed by atoms with E-state index >= 15 is 0 Å². The van der Waals surface area contributed by atoms with Gasteiger partial charge in [0.2, 0.25) is 0 Å². The zero-order valence-electron chi connectivity index (χ0n) is 13.5. The highest BCUT2D eigenvalue weighted by Crippen LogP contribution is 2.31. The summed E-state index contributed by atoms with van der Waals surface area (Å²) in [5.41, 5.74) is 1.52. The van der Waals surface area contributed by atoms with Crippen LogP contribution in [0.5, 0.6) is 0 Å². The third-order valence-electron chi connectivity index (χ3n) is 3.63. The lowest BCUT2D eigenvalue weighted by molar-refractivity contribution is -0.139. The van der Waals surface area contributed by atoms with Gasteiger partial charge < -0.3 is 15.4 Å². The number of urea groups is 1. The van der Waals surface area contributed by atoms with Gasteiger partial charge in [0.05, 0.1) is 18.2 Å². The van der Waals surface area contributed by atoms with Gasteiger partial charge in [0.25, 0.3) is 0 Å². The lowest BCUT2D eigenvalue weighted by atomic mass is 9.95. The summed E-state index contributed by atoms with van der Waals surface area (Å²) in [4.78, 5) is 24.3. The first-order chi connectivity index (χ1) is 10.9. The molecule has 0 fully saturated rings. The summed E-state index contributed by atoms with van der Waals surface area (Å²) in [6.45, 7) is 6.15. The lowest BCUT2D eigenvalue weighted by Crippen LogP contribution is -2.45. The Morgan fingerprint density at radius 2 is 2.04 bits per heavy atom. The van der Waals surface area contributed by atoms with E-state index in [9.17, 15) is 9.59 Å². The summed E-state index contributed by atoms with van der Waals surface area (Å²) >= 11 is 6.22. The minimum absolute atomic E-state index is 0.344. The molecule has 1 atom stereocenters. The SMILES string of the molecule is CC1=C(C(=O)OCCC(C)C)[C@H](c2ccccc2Cl)NC(=O)N1. The van der Waals surface area contributed by atoms with Gasteiger partial charge in [0.15, 0.2) is 0 Å². The molecule has 0 saturated carbocycles. The van der Waals surface area contributed by atoms with Gasteiger partial charge in [-0.3, -0.25) is 0 Å². The van der Waals surface area contributed by atoms with E-state index < -0.39 is 12.0 Å². The normalized spacial score (nSPS) is 17.8. The second-order valence-electron chi connectivity index (χ2n) is 5.91. The predicted molar refractivity (Wildman–Crippen MR) is 89.0 cm³/mol. The molecule has 5 nitrogen and oxygen atoms in total. The minimum Gasteiger partial charge on any atom is -0.462 e. The van der Waals surface area contributed by atoms with Crippen LogP contribution in [0.25, 0.3) is 0 Å². The summed E-state index contributed by atoms with van der Waals surface area (Å²) in [5, 5.41) is 5.84. The first-order valence-corrected chi connectivity index (χ1v) is 7.97. The number of rotatable bonds is 5. The van der Waals surface area contributed by atoms with E-state index in [2.05, 4.69) is 24.5 Å². The molecule has 0 radical (unpaired) electrons. The molecule has 1 aliphatic heterocycles. The topological polar surface area (TPSA) is 67.4 Å². The minimum atomic E-state index is -0.621. The van der Waals surface area contributed by atoms with Crippen LogP contribution in [0.2, 0.25) is 5.02 Å². The molecule has 0 spiro atoms. The highest BCUT2D eigenvalue weighted by Gasteiger charge is 2.33. The van der Waals surface area contributed by atoms with Crippen LogP contribution >= 0.6 is 11.6 Å². The highest BCUT2D eigenvalue weighted by atomic mass is 35.5. The van der Waals surface area contributed by atoms with E-state index in [4.69, 9.17) is 16.3 Å². The number of carbonyl (C=O) groups excluding carboxylic acids is 2. The highest BCUT2D eigenvalue weighted by molar-refractivity contribution is 6.31. The van der Waals surface area contributed by atoms with Crippen molar-refractivity contribution in [2.45, 2.75) is 33.2 Å². The van der Waals surface area contributed by atoms with Gasteiger partial charge in [-0.25, -0.2) is 9.59 Å². The fourth-order valence-electron chi connectivity index (χ4n) is 2.37. The zero-order chi connectivity index (χ0) is 17.0. The third kappa shape index (κ3) is 4.26. The maximum atomic E-state index is 12.5. The average molecular weight is 337 g/mol. The number of amides is 2. The summed E-state index contributed by atoms with van der Waals surface area (Å²) in [6, 6.07) is 6.13. The summed E-state index contributed by atoms with van der Waals surface area (Å²) in [5.74, 6) is 0.00185. The average Bonchev–Trinajstić information content (AvgIpc) is 2.46. The van der Waals surface area contributed by atoms with Crippen molar-refractivity contribution in [1.82, 2.24) is 10.6 Å². The Labute approximate surface area is 141 Å². The molecule has 124 valence electrons. The van der Waals surface area contributed by atoms with Gasteiger partial charge in [0.1, 0.15) is 0 Å². The predicted octanol–water partition coefficient (Wildman–Crippen LogP) is 3.56. The molecule has 1 heterocycles. The largest absolute Gasteiger partial charge is 0.462 e. The van der Waals surface area contributed by atoms with E-state index in [0.717, 1.165) is 6.42 Å². The monoisotopic (exact) mass is 336 g/mol. The Morgan fingerprint density at radius 1 is 1.35 bits per heavy atom. The molecule has 1 aliphatic rings. The van der Waals surface area contributed by atoms with Crippen molar-refractivity contribution in [1.29, 1.82) is 0 Å². The Bertz CT molecular complexity index is 640. The molecule has 0 saturated heterocycles. The summed E-state index contributed by atoms with van der Waals surface area (Å²) in [6.07, 6.45) is 0.786. The molecule has 2 amide bonds. The van der Waals surface area contributed by atoms with Crippen LogP contribution in [-0.2, 0) is 9.53 Å². The van der Waals surface area contributed by atoms with Gasteiger partial charge in [-0.05, 0) is 30.9 Å². The van der Waals surface area contributed by atoms with Crippen LogP contribution < -0.4 is 10.6 Å². The molecule has 2 rings (SSSR count). The summed E-state index contributed by atoms with van der Waals surface area (Å²) < 4.78 is 5.36. The van der Waals surface area contributed by atoms with Gasteiger partial charge in [-0.1, -0.05) is 43.6 Å². The molecule has 23 heavy (non-hydrogen) atoms. The molecule has 0 bridgehead atoms. The molecule has 0 aliphatic carbocycles. The third-order valence-corrected chi connectivity index (χ3v) is 3.98. The van der Waals surface area contributed by atoms with E-state index in [0.29, 0.717) is 34.4 Å². The van der Waals surface area contributed by atoms with Crippen LogP contribution in [0, 0.1) is 5.92 Å². The van der Waals surface area contributed by atoms with Crippen LogP contribution in [0.3, 0.4) is 0 Å². The molecule has 1 aromatic rings. The van der Waals surface area contributed by atoms with Crippen molar-refractivity contribution in [2.24, 2.45) is 5.92 Å². The van der Waals surface area contributed by atoms with Gasteiger partial charge in [0, 0.05) is 10.7 Å². The standard InChI is InChI=1S/C17H21ClN2O3/c1-10(2)8-9-23-16(21)14-11(3)19-17(22)20-15(14)12-6-4-5-7-13(12)18/h4-7,10,15H,8-9H2,1-3H3,(H2,19,20,22)/t15-/m0/s1. The number of allylic oxidation sites excluding steroid dienone is 1. The number of esters is 1. The Hall–Kier alpha value is -2.01. The number of nitrogens with one attached hydrogen (secondary N) is 2. The number of hydrogen-bond donors (Lipinski definition) is 2.